The number of hydrogen-bond acceptors (Lipinski definition) is 6. The molecule has 158 valence electrons. The fourth-order valence-electron chi connectivity index (χ4n) is 2.37. The molecule has 0 saturated carbocycles. The van der Waals surface area contributed by atoms with Crippen LogP contribution in [-0.2, 0) is 4.79 Å². The Balaban J connectivity index is 0.00000420. The van der Waals surface area contributed by atoms with Crippen molar-refractivity contribution in [2.24, 2.45) is 5.73 Å². The number of carbonyl (C=O) groups excluding carboxylic acids is 2. The van der Waals surface area contributed by atoms with Crippen LogP contribution in [0.25, 0.3) is 0 Å². The highest BCUT2D eigenvalue weighted by Gasteiger charge is 2.14. The SMILES string of the molecule is COc1ccccc1NC(=O)COc1ccc(C(=O)N[C@@H](C)CN)cc1OC.Cl. The van der Waals surface area contributed by atoms with Crippen molar-refractivity contribution in [1.82, 2.24) is 5.32 Å². The second-order valence-electron chi connectivity index (χ2n) is 6.01. The molecule has 2 rings (SSSR count). The monoisotopic (exact) mass is 423 g/mol. The van der Waals surface area contributed by atoms with Crippen molar-refractivity contribution in [3.05, 3.63) is 48.0 Å². The molecule has 0 aromatic heterocycles. The summed E-state index contributed by atoms with van der Waals surface area (Å²) in [4.78, 5) is 24.4. The summed E-state index contributed by atoms with van der Waals surface area (Å²) < 4.78 is 16.0. The fourth-order valence-corrected chi connectivity index (χ4v) is 2.37. The second kappa shape index (κ2) is 11.8. The molecule has 1 atom stereocenters. The van der Waals surface area contributed by atoms with Gasteiger partial charge in [-0.2, -0.15) is 0 Å². The van der Waals surface area contributed by atoms with E-state index in [1.807, 2.05) is 13.0 Å². The summed E-state index contributed by atoms with van der Waals surface area (Å²) >= 11 is 0. The average molecular weight is 424 g/mol. The minimum Gasteiger partial charge on any atom is -0.495 e. The van der Waals surface area contributed by atoms with Gasteiger partial charge in [0.25, 0.3) is 11.8 Å². The molecule has 29 heavy (non-hydrogen) atoms. The number of carbonyl (C=O) groups is 2. The van der Waals surface area contributed by atoms with Crippen LogP contribution in [0.2, 0.25) is 0 Å². The van der Waals surface area contributed by atoms with Gasteiger partial charge in [-0.15, -0.1) is 12.4 Å². The number of anilines is 1. The van der Waals surface area contributed by atoms with Crippen LogP contribution in [0.4, 0.5) is 5.69 Å². The van der Waals surface area contributed by atoms with E-state index in [-0.39, 0.29) is 36.9 Å². The molecule has 9 heteroatoms. The van der Waals surface area contributed by atoms with Crippen LogP contribution < -0.4 is 30.6 Å². The zero-order valence-electron chi connectivity index (χ0n) is 16.6. The Morgan fingerprint density at radius 3 is 2.38 bits per heavy atom. The molecule has 0 spiro atoms. The molecule has 0 saturated heterocycles. The Bertz CT molecular complexity index is 832. The summed E-state index contributed by atoms with van der Waals surface area (Å²) in [6, 6.07) is 11.6. The molecule has 0 fully saturated rings. The van der Waals surface area contributed by atoms with Crippen LogP contribution in [-0.4, -0.2) is 45.2 Å². The Hall–Kier alpha value is -2.97. The molecular weight excluding hydrogens is 398 g/mol. The number of halogens is 1. The highest BCUT2D eigenvalue weighted by molar-refractivity contribution is 5.95. The molecule has 2 aromatic carbocycles. The van der Waals surface area contributed by atoms with Crippen molar-refractivity contribution >= 4 is 29.9 Å². The third-order valence-corrected chi connectivity index (χ3v) is 3.90. The number of hydrogen-bond donors (Lipinski definition) is 3. The Kier molecular flexibility index (Phi) is 9.78. The van der Waals surface area contributed by atoms with Crippen LogP contribution >= 0.6 is 12.4 Å². The van der Waals surface area contributed by atoms with Gasteiger partial charge in [-0.25, -0.2) is 0 Å². The average Bonchev–Trinajstić information content (AvgIpc) is 2.72. The van der Waals surface area contributed by atoms with E-state index in [2.05, 4.69) is 10.6 Å². The van der Waals surface area contributed by atoms with Crippen molar-refractivity contribution < 1.29 is 23.8 Å². The van der Waals surface area contributed by atoms with Gasteiger partial charge in [0.05, 0.1) is 19.9 Å². The van der Waals surface area contributed by atoms with Crippen LogP contribution in [0.5, 0.6) is 17.2 Å². The first kappa shape index (κ1) is 24.1. The number of para-hydroxylation sites is 2. The summed E-state index contributed by atoms with van der Waals surface area (Å²) in [5.41, 5.74) is 6.47. The summed E-state index contributed by atoms with van der Waals surface area (Å²) in [6.07, 6.45) is 0. The maximum atomic E-state index is 12.2. The van der Waals surface area contributed by atoms with Gasteiger partial charge in [0.2, 0.25) is 0 Å². The molecule has 0 bridgehead atoms. The zero-order valence-corrected chi connectivity index (χ0v) is 17.4. The first-order valence-electron chi connectivity index (χ1n) is 8.73. The van der Waals surface area contributed by atoms with Crippen molar-refractivity contribution in [2.75, 3.05) is 32.7 Å². The molecule has 2 aromatic rings. The lowest BCUT2D eigenvalue weighted by Gasteiger charge is -2.14. The third-order valence-electron chi connectivity index (χ3n) is 3.90. The molecule has 0 radical (unpaired) electrons. The van der Waals surface area contributed by atoms with Gasteiger partial charge < -0.3 is 30.6 Å². The largest absolute Gasteiger partial charge is 0.495 e. The fraction of sp³-hybridized carbons (Fsp3) is 0.300. The molecule has 0 unspecified atom stereocenters. The second-order valence-corrected chi connectivity index (χ2v) is 6.01. The van der Waals surface area contributed by atoms with Gasteiger partial charge in [0, 0.05) is 18.2 Å². The summed E-state index contributed by atoms with van der Waals surface area (Å²) in [6.45, 7) is 1.92. The first-order valence-corrected chi connectivity index (χ1v) is 8.73. The molecular formula is C20H26ClN3O5. The van der Waals surface area contributed by atoms with E-state index in [1.54, 1.807) is 36.4 Å². The van der Waals surface area contributed by atoms with Gasteiger partial charge >= 0.3 is 0 Å². The quantitative estimate of drug-likeness (QED) is 0.570. The van der Waals surface area contributed by atoms with E-state index in [0.717, 1.165) is 0 Å². The number of benzene rings is 2. The van der Waals surface area contributed by atoms with Crippen molar-refractivity contribution in [3.63, 3.8) is 0 Å². The van der Waals surface area contributed by atoms with E-state index >= 15 is 0 Å². The topological polar surface area (TPSA) is 112 Å². The molecule has 0 aliphatic carbocycles. The van der Waals surface area contributed by atoms with E-state index in [0.29, 0.717) is 35.0 Å². The van der Waals surface area contributed by atoms with Crippen LogP contribution in [0.3, 0.4) is 0 Å². The number of rotatable bonds is 9. The van der Waals surface area contributed by atoms with Crippen molar-refractivity contribution in [2.45, 2.75) is 13.0 Å². The van der Waals surface area contributed by atoms with Crippen LogP contribution in [0.1, 0.15) is 17.3 Å². The number of methoxy groups -OCH3 is 2. The first-order chi connectivity index (χ1) is 13.5. The molecule has 0 aliphatic rings. The smallest absolute Gasteiger partial charge is 0.262 e. The maximum absolute atomic E-state index is 12.2. The van der Waals surface area contributed by atoms with Gasteiger partial charge in [-0.1, -0.05) is 12.1 Å². The number of nitrogens with one attached hydrogen (secondary N) is 2. The normalized spacial score (nSPS) is 10.9. The van der Waals surface area contributed by atoms with E-state index in [4.69, 9.17) is 19.9 Å². The molecule has 0 aliphatic heterocycles. The molecule has 4 N–H and O–H groups in total. The Morgan fingerprint density at radius 2 is 1.72 bits per heavy atom. The number of nitrogens with two attached hydrogens (primary N) is 1. The maximum Gasteiger partial charge on any atom is 0.262 e. The number of amides is 2. The van der Waals surface area contributed by atoms with Crippen molar-refractivity contribution in [3.8, 4) is 17.2 Å². The minimum atomic E-state index is -0.356. The summed E-state index contributed by atoms with van der Waals surface area (Å²) in [5.74, 6) is 0.622. The van der Waals surface area contributed by atoms with Gasteiger partial charge in [0.15, 0.2) is 18.1 Å². The zero-order chi connectivity index (χ0) is 20.5. The van der Waals surface area contributed by atoms with E-state index in [1.165, 1.54) is 14.2 Å². The standard InChI is InChI=1S/C20H25N3O5.ClH/c1-13(11-21)22-20(25)14-8-9-17(18(10-14)27-3)28-12-19(24)23-15-6-4-5-7-16(15)26-2;/h4-10,13H,11-12,21H2,1-3H3,(H,22,25)(H,23,24);1H/t13-;/m0./s1. The summed E-state index contributed by atoms with van der Waals surface area (Å²) in [5, 5.41) is 5.49. The molecule has 8 nitrogen and oxygen atoms in total. The predicted molar refractivity (Wildman–Crippen MR) is 113 cm³/mol. The number of ether oxygens (including phenoxy) is 3. The lowest BCUT2D eigenvalue weighted by Crippen LogP contribution is -2.37. The third kappa shape index (κ3) is 6.85. The van der Waals surface area contributed by atoms with Crippen molar-refractivity contribution in [1.29, 1.82) is 0 Å². The highest BCUT2D eigenvalue weighted by atomic mass is 35.5. The Labute approximate surface area is 176 Å². The highest BCUT2D eigenvalue weighted by Crippen LogP contribution is 2.28. The van der Waals surface area contributed by atoms with E-state index in [9.17, 15) is 9.59 Å². The molecule has 2 amide bonds. The predicted octanol–water partition coefficient (Wildman–Crippen LogP) is 2.22. The van der Waals surface area contributed by atoms with Crippen LogP contribution in [0, 0.1) is 0 Å². The van der Waals surface area contributed by atoms with Gasteiger partial charge in [-0.3, -0.25) is 9.59 Å². The minimum absolute atomic E-state index is 0. The van der Waals surface area contributed by atoms with E-state index < -0.39 is 0 Å². The summed E-state index contributed by atoms with van der Waals surface area (Å²) in [7, 11) is 2.99. The molecule has 0 heterocycles. The van der Waals surface area contributed by atoms with Gasteiger partial charge in [-0.05, 0) is 37.3 Å². The Morgan fingerprint density at radius 1 is 1.03 bits per heavy atom. The van der Waals surface area contributed by atoms with Crippen LogP contribution in [0.15, 0.2) is 42.5 Å². The lowest BCUT2D eigenvalue weighted by atomic mass is 10.1. The lowest BCUT2D eigenvalue weighted by molar-refractivity contribution is -0.118. The van der Waals surface area contributed by atoms with Gasteiger partial charge in [0.1, 0.15) is 5.75 Å².